The monoisotopic (exact) mass is 314 g/mol. The predicted molar refractivity (Wildman–Crippen MR) is 90.0 cm³/mol. The lowest BCUT2D eigenvalue weighted by atomic mass is 9.86. The second kappa shape index (κ2) is 5.69. The van der Waals surface area contributed by atoms with E-state index in [4.69, 9.17) is 14.0 Å². The van der Waals surface area contributed by atoms with E-state index < -0.39 is 7.12 Å². The third-order valence-electron chi connectivity index (χ3n) is 4.67. The number of ether oxygens (including phenoxy) is 1. The average Bonchev–Trinajstić information content (AvgIpc) is 3.03. The summed E-state index contributed by atoms with van der Waals surface area (Å²) in [5.41, 5.74) is 1.29. The molecule has 1 saturated heterocycles. The normalized spacial score (nSPS) is 19.1. The van der Waals surface area contributed by atoms with Gasteiger partial charge in [-0.05, 0) is 45.4 Å². The molecular formula is C17H23BN2O3. The molecule has 3 rings (SSSR count). The Morgan fingerprint density at radius 3 is 2.26 bits per heavy atom. The molecule has 0 bridgehead atoms. The Bertz CT molecular complexity index is 663. The van der Waals surface area contributed by atoms with Gasteiger partial charge < -0.3 is 18.6 Å². The maximum absolute atomic E-state index is 6.03. The highest BCUT2D eigenvalue weighted by atomic mass is 16.7. The summed E-state index contributed by atoms with van der Waals surface area (Å²) >= 11 is 0. The molecule has 1 aromatic carbocycles. The maximum atomic E-state index is 6.03. The largest absolute Gasteiger partial charge is 0.516 e. The van der Waals surface area contributed by atoms with Gasteiger partial charge in [0.15, 0.2) is 0 Å². The summed E-state index contributed by atoms with van der Waals surface area (Å²) in [5.74, 6) is 0.859. The Kier molecular flexibility index (Phi) is 3.98. The van der Waals surface area contributed by atoms with Gasteiger partial charge in [0, 0.05) is 12.7 Å². The molecule has 23 heavy (non-hydrogen) atoms. The Morgan fingerprint density at radius 1 is 1.09 bits per heavy atom. The van der Waals surface area contributed by atoms with Gasteiger partial charge in [0.2, 0.25) is 0 Å². The van der Waals surface area contributed by atoms with Crippen molar-refractivity contribution in [3.63, 3.8) is 0 Å². The molecule has 0 radical (unpaired) electrons. The quantitative estimate of drug-likeness (QED) is 0.812. The summed E-state index contributed by atoms with van der Waals surface area (Å²) < 4.78 is 19.3. The summed E-state index contributed by atoms with van der Waals surface area (Å²) in [6.45, 7) is 8.92. The fraction of sp³-hybridized carbons (Fsp3) is 0.471. The van der Waals surface area contributed by atoms with Crippen LogP contribution in [0.3, 0.4) is 0 Å². The number of nitrogens with zero attached hydrogens (tertiary/aromatic N) is 2. The number of benzene rings is 1. The molecule has 0 atom stereocenters. The summed E-state index contributed by atoms with van der Waals surface area (Å²) in [5, 5.41) is 0. The molecular weight excluding hydrogens is 291 g/mol. The SMILES string of the molecule is COc1ccc(Cn2cnc(B3OC(C)(C)C(C)(C)O3)c2)cc1. The van der Waals surface area contributed by atoms with Crippen molar-refractivity contribution in [3.8, 4) is 5.75 Å². The van der Waals surface area contributed by atoms with Gasteiger partial charge in [-0.2, -0.15) is 0 Å². The molecule has 6 heteroatoms. The van der Waals surface area contributed by atoms with E-state index in [0.717, 1.165) is 17.9 Å². The molecule has 1 fully saturated rings. The third-order valence-corrected chi connectivity index (χ3v) is 4.67. The van der Waals surface area contributed by atoms with Crippen molar-refractivity contribution in [2.45, 2.75) is 45.4 Å². The van der Waals surface area contributed by atoms with Gasteiger partial charge in [-0.15, -0.1) is 0 Å². The highest BCUT2D eigenvalue weighted by Crippen LogP contribution is 2.36. The number of hydrogen-bond donors (Lipinski definition) is 0. The van der Waals surface area contributed by atoms with Crippen LogP contribution in [0.2, 0.25) is 0 Å². The van der Waals surface area contributed by atoms with Crippen LogP contribution in [0, 0.1) is 0 Å². The first-order valence-corrected chi connectivity index (χ1v) is 7.81. The lowest BCUT2D eigenvalue weighted by Crippen LogP contribution is -2.41. The molecule has 0 amide bonds. The van der Waals surface area contributed by atoms with Crippen LogP contribution < -0.4 is 10.3 Å². The molecule has 2 aromatic rings. The molecule has 0 N–H and O–H groups in total. The van der Waals surface area contributed by atoms with E-state index in [1.165, 1.54) is 5.56 Å². The smallest absolute Gasteiger partial charge is 0.497 e. The molecule has 1 aliphatic rings. The fourth-order valence-electron chi connectivity index (χ4n) is 2.49. The minimum Gasteiger partial charge on any atom is -0.497 e. The Balaban J connectivity index is 1.71. The topological polar surface area (TPSA) is 45.5 Å². The summed E-state index contributed by atoms with van der Waals surface area (Å²) in [7, 11) is 1.25. The van der Waals surface area contributed by atoms with Crippen molar-refractivity contribution in [2.24, 2.45) is 0 Å². The van der Waals surface area contributed by atoms with Crippen molar-refractivity contribution in [1.29, 1.82) is 0 Å². The highest BCUT2D eigenvalue weighted by molar-refractivity contribution is 6.61. The van der Waals surface area contributed by atoms with E-state index in [9.17, 15) is 0 Å². The Morgan fingerprint density at radius 2 is 1.70 bits per heavy atom. The van der Waals surface area contributed by atoms with Gasteiger partial charge in [-0.1, -0.05) is 12.1 Å². The fourth-order valence-corrected chi connectivity index (χ4v) is 2.49. The number of methoxy groups -OCH3 is 1. The minimum atomic E-state index is -0.419. The Labute approximate surface area is 137 Å². The first-order chi connectivity index (χ1) is 10.8. The lowest BCUT2D eigenvalue weighted by molar-refractivity contribution is 0.00578. The summed E-state index contributed by atoms with van der Waals surface area (Å²) in [6.07, 6.45) is 3.79. The van der Waals surface area contributed by atoms with Crippen LogP contribution in [0.1, 0.15) is 33.3 Å². The van der Waals surface area contributed by atoms with Gasteiger partial charge in [0.05, 0.1) is 30.2 Å². The molecule has 1 aromatic heterocycles. The molecule has 0 saturated carbocycles. The van der Waals surface area contributed by atoms with Crippen LogP contribution in [-0.2, 0) is 15.9 Å². The number of rotatable bonds is 4. The van der Waals surface area contributed by atoms with Crippen LogP contribution in [-0.4, -0.2) is 35.0 Å². The van der Waals surface area contributed by atoms with Crippen molar-refractivity contribution in [2.75, 3.05) is 7.11 Å². The maximum Gasteiger partial charge on any atom is 0.516 e. The van der Waals surface area contributed by atoms with Crippen molar-refractivity contribution in [1.82, 2.24) is 9.55 Å². The van der Waals surface area contributed by atoms with Crippen LogP contribution in [0.25, 0.3) is 0 Å². The molecule has 0 spiro atoms. The minimum absolute atomic E-state index is 0.350. The molecule has 1 aliphatic heterocycles. The van der Waals surface area contributed by atoms with Gasteiger partial charge in [-0.3, -0.25) is 0 Å². The Hall–Kier alpha value is -1.79. The van der Waals surface area contributed by atoms with Crippen LogP contribution in [0.15, 0.2) is 36.8 Å². The van der Waals surface area contributed by atoms with E-state index in [0.29, 0.717) is 0 Å². The second-order valence-electron chi connectivity index (χ2n) is 6.91. The number of imidazole rings is 1. The number of aromatic nitrogens is 2. The molecule has 0 unspecified atom stereocenters. The molecule has 5 nitrogen and oxygen atoms in total. The van der Waals surface area contributed by atoms with Gasteiger partial charge in [0.25, 0.3) is 0 Å². The second-order valence-corrected chi connectivity index (χ2v) is 6.91. The average molecular weight is 314 g/mol. The van der Waals surface area contributed by atoms with Crippen molar-refractivity contribution >= 4 is 12.7 Å². The van der Waals surface area contributed by atoms with Crippen LogP contribution >= 0.6 is 0 Å². The van der Waals surface area contributed by atoms with Gasteiger partial charge in [-0.25, -0.2) is 4.98 Å². The van der Waals surface area contributed by atoms with Crippen molar-refractivity contribution < 1.29 is 14.0 Å². The van der Waals surface area contributed by atoms with E-state index in [1.54, 1.807) is 7.11 Å². The number of hydrogen-bond acceptors (Lipinski definition) is 4. The summed E-state index contributed by atoms with van der Waals surface area (Å²) in [6, 6.07) is 8.02. The molecule has 0 aliphatic carbocycles. The zero-order valence-corrected chi connectivity index (χ0v) is 14.4. The molecule has 122 valence electrons. The predicted octanol–water partition coefficient (Wildman–Crippen LogP) is 2.24. The van der Waals surface area contributed by atoms with E-state index in [-0.39, 0.29) is 11.2 Å². The third kappa shape index (κ3) is 3.14. The van der Waals surface area contributed by atoms with Crippen LogP contribution in [0.5, 0.6) is 5.75 Å². The highest BCUT2D eigenvalue weighted by Gasteiger charge is 2.52. The zero-order chi connectivity index (χ0) is 16.7. The standard InChI is InChI=1S/C17H23BN2O3/c1-16(2)17(3,4)23-18(22-16)15-11-20(12-19-15)10-13-6-8-14(21-5)9-7-13/h6-9,11-12H,10H2,1-5H3. The van der Waals surface area contributed by atoms with E-state index >= 15 is 0 Å². The van der Waals surface area contributed by atoms with Gasteiger partial charge >= 0.3 is 7.12 Å². The van der Waals surface area contributed by atoms with Gasteiger partial charge in [0.1, 0.15) is 5.75 Å². The van der Waals surface area contributed by atoms with E-state index in [2.05, 4.69) is 4.98 Å². The molecule has 2 heterocycles. The van der Waals surface area contributed by atoms with Crippen molar-refractivity contribution in [3.05, 3.63) is 42.4 Å². The first-order valence-electron chi connectivity index (χ1n) is 7.81. The van der Waals surface area contributed by atoms with E-state index in [1.807, 2.05) is 69.1 Å². The first kappa shape index (κ1) is 16.1. The lowest BCUT2D eigenvalue weighted by Gasteiger charge is -2.32. The van der Waals surface area contributed by atoms with Crippen LogP contribution in [0.4, 0.5) is 0 Å². The zero-order valence-electron chi connectivity index (χ0n) is 14.4. The summed E-state index contributed by atoms with van der Waals surface area (Å²) in [4.78, 5) is 4.45.